The molecule has 3 amide bonds. The zero-order chi connectivity index (χ0) is 20.6. The largest absolute Gasteiger partial charge is 0.467 e. The minimum Gasteiger partial charge on any atom is -0.467 e. The summed E-state index contributed by atoms with van der Waals surface area (Å²) >= 11 is 0. The van der Waals surface area contributed by atoms with Crippen LogP contribution in [0.1, 0.15) is 35.2 Å². The van der Waals surface area contributed by atoms with Crippen LogP contribution in [-0.4, -0.2) is 84.5 Å². The second kappa shape index (κ2) is 7.67. The van der Waals surface area contributed by atoms with Gasteiger partial charge in [0.1, 0.15) is 5.75 Å². The van der Waals surface area contributed by atoms with E-state index in [9.17, 15) is 14.4 Å². The molecule has 2 saturated heterocycles. The minimum absolute atomic E-state index is 0.0168. The third-order valence-electron chi connectivity index (χ3n) is 6.09. The van der Waals surface area contributed by atoms with Gasteiger partial charge in [-0.1, -0.05) is 11.6 Å². The molecule has 8 nitrogen and oxygen atoms in total. The minimum atomic E-state index is -0.902. The highest BCUT2D eigenvalue weighted by Gasteiger charge is 2.43. The van der Waals surface area contributed by atoms with E-state index in [1.54, 1.807) is 11.0 Å². The van der Waals surface area contributed by atoms with Gasteiger partial charge in [0.2, 0.25) is 11.8 Å². The van der Waals surface area contributed by atoms with Crippen LogP contribution in [0.5, 0.6) is 5.75 Å². The Morgan fingerprint density at radius 2 is 1.90 bits per heavy atom. The van der Waals surface area contributed by atoms with Crippen molar-refractivity contribution < 1.29 is 19.1 Å². The van der Waals surface area contributed by atoms with E-state index in [1.165, 1.54) is 0 Å². The lowest BCUT2D eigenvalue weighted by Gasteiger charge is -2.38. The highest BCUT2D eigenvalue weighted by Crippen LogP contribution is 2.34. The van der Waals surface area contributed by atoms with Crippen LogP contribution in [0.3, 0.4) is 0 Å². The summed E-state index contributed by atoms with van der Waals surface area (Å²) in [4.78, 5) is 43.6. The Hall–Kier alpha value is -2.61. The number of piperazine rings is 1. The van der Waals surface area contributed by atoms with Gasteiger partial charge in [0.05, 0.1) is 12.1 Å². The maximum absolute atomic E-state index is 12.7. The summed E-state index contributed by atoms with van der Waals surface area (Å²) in [5, 5.41) is 2.98. The number of benzene rings is 1. The Balaban J connectivity index is 1.43. The van der Waals surface area contributed by atoms with Crippen LogP contribution in [0.4, 0.5) is 0 Å². The lowest BCUT2D eigenvalue weighted by molar-refractivity contribution is -0.141. The highest BCUT2D eigenvalue weighted by atomic mass is 16.5. The number of nitrogens with one attached hydrogen (secondary N) is 1. The van der Waals surface area contributed by atoms with E-state index < -0.39 is 5.72 Å². The topological polar surface area (TPSA) is 82.2 Å². The van der Waals surface area contributed by atoms with Crippen molar-refractivity contribution in [3.8, 4) is 5.75 Å². The Morgan fingerprint density at radius 1 is 1.14 bits per heavy atom. The second-order valence-corrected chi connectivity index (χ2v) is 8.30. The molecule has 4 rings (SSSR count). The predicted octanol–water partition coefficient (Wildman–Crippen LogP) is 0.600. The molecule has 29 heavy (non-hydrogen) atoms. The number of likely N-dealkylation sites (N-methyl/N-ethyl adjacent to an activating group) is 1. The van der Waals surface area contributed by atoms with E-state index in [0.29, 0.717) is 43.8 Å². The van der Waals surface area contributed by atoms with E-state index in [-0.39, 0.29) is 30.7 Å². The SMILES string of the molecule is Cc1ccc2c(c1)C(=O)N[C@]1(CCC(=O)N(CC(=O)N3CCN(C)CC3)CC1)O2. The van der Waals surface area contributed by atoms with Crippen LogP contribution < -0.4 is 10.1 Å². The van der Waals surface area contributed by atoms with Gasteiger partial charge < -0.3 is 24.8 Å². The number of rotatable bonds is 2. The predicted molar refractivity (Wildman–Crippen MR) is 107 cm³/mol. The van der Waals surface area contributed by atoms with Crippen molar-refractivity contribution >= 4 is 17.7 Å². The maximum atomic E-state index is 12.7. The summed E-state index contributed by atoms with van der Waals surface area (Å²) < 4.78 is 6.18. The van der Waals surface area contributed by atoms with E-state index in [2.05, 4.69) is 10.2 Å². The third kappa shape index (κ3) is 4.07. The first-order valence-electron chi connectivity index (χ1n) is 10.2. The molecular weight excluding hydrogens is 372 g/mol. The van der Waals surface area contributed by atoms with Crippen molar-refractivity contribution in [3.05, 3.63) is 29.3 Å². The Kier molecular flexibility index (Phi) is 5.21. The van der Waals surface area contributed by atoms with Crippen LogP contribution in [0.2, 0.25) is 0 Å². The molecule has 3 heterocycles. The molecule has 0 unspecified atom stereocenters. The maximum Gasteiger partial charge on any atom is 0.258 e. The molecule has 0 aromatic heterocycles. The van der Waals surface area contributed by atoms with Crippen molar-refractivity contribution in [2.24, 2.45) is 0 Å². The van der Waals surface area contributed by atoms with Crippen molar-refractivity contribution in [1.82, 2.24) is 20.0 Å². The van der Waals surface area contributed by atoms with Crippen molar-refractivity contribution in [2.45, 2.75) is 31.9 Å². The summed E-state index contributed by atoms with van der Waals surface area (Å²) in [6.07, 6.45) is 1.08. The molecule has 0 saturated carbocycles. The summed E-state index contributed by atoms with van der Waals surface area (Å²) in [6, 6.07) is 5.53. The first kappa shape index (κ1) is 19.7. The summed E-state index contributed by atoms with van der Waals surface area (Å²) in [6.45, 7) is 5.47. The van der Waals surface area contributed by atoms with E-state index >= 15 is 0 Å². The number of fused-ring (bicyclic) bond motifs is 1. The molecule has 3 aliphatic heterocycles. The number of carbonyl (C=O) groups excluding carboxylic acids is 3. The van der Waals surface area contributed by atoms with Crippen LogP contribution in [-0.2, 0) is 9.59 Å². The van der Waals surface area contributed by atoms with Crippen LogP contribution in [0.15, 0.2) is 18.2 Å². The average molecular weight is 400 g/mol. The fraction of sp³-hybridized carbons (Fsp3) is 0.571. The van der Waals surface area contributed by atoms with E-state index in [4.69, 9.17) is 4.74 Å². The molecule has 1 atom stereocenters. The molecule has 1 N–H and O–H groups in total. The number of hydrogen-bond donors (Lipinski definition) is 1. The van der Waals surface area contributed by atoms with Crippen LogP contribution >= 0.6 is 0 Å². The quantitative estimate of drug-likeness (QED) is 0.786. The zero-order valence-electron chi connectivity index (χ0n) is 17.1. The van der Waals surface area contributed by atoms with Crippen molar-refractivity contribution in [2.75, 3.05) is 46.3 Å². The van der Waals surface area contributed by atoms with Gasteiger partial charge in [0.25, 0.3) is 5.91 Å². The fourth-order valence-corrected chi connectivity index (χ4v) is 4.17. The standard InChI is InChI=1S/C21H28N4O4/c1-15-3-4-17-16(13-15)20(28)22-21(29-17)6-5-18(26)25(8-7-21)14-19(27)24-11-9-23(2)10-12-24/h3-4,13H,5-12,14H2,1-2H3,(H,22,28)/t21-/m1/s1. The Morgan fingerprint density at radius 3 is 2.66 bits per heavy atom. The molecule has 0 bridgehead atoms. The third-order valence-corrected chi connectivity index (χ3v) is 6.09. The Labute approximate surface area is 170 Å². The van der Waals surface area contributed by atoms with Gasteiger partial charge in [-0.2, -0.15) is 0 Å². The molecule has 1 aromatic rings. The van der Waals surface area contributed by atoms with E-state index in [0.717, 1.165) is 18.7 Å². The number of carbonyl (C=O) groups is 3. The van der Waals surface area contributed by atoms with Gasteiger partial charge in [-0.15, -0.1) is 0 Å². The first-order valence-corrected chi connectivity index (χ1v) is 10.2. The fourth-order valence-electron chi connectivity index (χ4n) is 4.17. The number of likely N-dealkylation sites (tertiary alicyclic amines) is 1. The molecule has 156 valence electrons. The zero-order valence-corrected chi connectivity index (χ0v) is 17.1. The van der Waals surface area contributed by atoms with Crippen molar-refractivity contribution in [3.63, 3.8) is 0 Å². The molecule has 0 radical (unpaired) electrons. The number of ether oxygens (including phenoxy) is 1. The lowest BCUT2D eigenvalue weighted by atomic mass is 9.99. The van der Waals surface area contributed by atoms with Crippen LogP contribution in [0.25, 0.3) is 0 Å². The smallest absolute Gasteiger partial charge is 0.258 e. The lowest BCUT2D eigenvalue weighted by Crippen LogP contribution is -2.56. The Bertz CT molecular complexity index is 834. The first-order chi connectivity index (χ1) is 13.8. The number of amides is 3. The molecule has 1 aromatic carbocycles. The molecule has 1 spiro atoms. The second-order valence-electron chi connectivity index (χ2n) is 8.30. The van der Waals surface area contributed by atoms with Gasteiger partial charge >= 0.3 is 0 Å². The van der Waals surface area contributed by atoms with Gasteiger partial charge in [-0.3, -0.25) is 14.4 Å². The van der Waals surface area contributed by atoms with Crippen molar-refractivity contribution in [1.29, 1.82) is 0 Å². The van der Waals surface area contributed by atoms with E-state index in [1.807, 2.05) is 31.0 Å². The van der Waals surface area contributed by atoms with Gasteiger partial charge in [-0.25, -0.2) is 0 Å². The summed E-state index contributed by atoms with van der Waals surface area (Å²) in [7, 11) is 2.04. The van der Waals surface area contributed by atoms with Gasteiger partial charge in [0.15, 0.2) is 5.72 Å². The monoisotopic (exact) mass is 400 g/mol. The molecule has 8 heteroatoms. The van der Waals surface area contributed by atoms with Gasteiger partial charge in [-0.05, 0) is 26.1 Å². The normalized spacial score (nSPS) is 25.3. The van der Waals surface area contributed by atoms with Crippen LogP contribution in [0, 0.1) is 6.92 Å². The number of aryl methyl sites for hydroxylation is 1. The number of hydrogen-bond acceptors (Lipinski definition) is 5. The summed E-state index contributed by atoms with van der Waals surface area (Å²) in [5.41, 5.74) is 0.608. The number of nitrogens with zero attached hydrogens (tertiary/aromatic N) is 3. The molecule has 2 fully saturated rings. The molecule has 3 aliphatic rings. The average Bonchev–Trinajstić information content (AvgIpc) is 2.83. The summed E-state index contributed by atoms with van der Waals surface area (Å²) in [5.74, 6) is 0.284. The highest BCUT2D eigenvalue weighted by molar-refractivity contribution is 5.98. The molecular formula is C21H28N4O4. The van der Waals surface area contributed by atoms with Gasteiger partial charge in [0, 0.05) is 52.0 Å². The molecule has 0 aliphatic carbocycles.